The average molecular weight is 262 g/mol. The maximum atomic E-state index is 10.7. The van der Waals surface area contributed by atoms with Crippen molar-refractivity contribution in [1.29, 1.82) is 0 Å². The smallest absolute Gasteiger partial charge is 0.272 e. The fourth-order valence-electron chi connectivity index (χ4n) is 1.75. The molecule has 7 nitrogen and oxygen atoms in total. The van der Waals surface area contributed by atoms with Crippen LogP contribution in [-0.4, -0.2) is 25.0 Å². The van der Waals surface area contributed by atoms with Gasteiger partial charge < -0.3 is 5.11 Å². The first kappa shape index (κ1) is 13.2. The third-order valence-corrected chi connectivity index (χ3v) is 2.88. The number of rotatable bonds is 4. The monoisotopic (exact) mass is 262 g/mol. The summed E-state index contributed by atoms with van der Waals surface area (Å²) in [5, 5.41) is 28.2. The highest BCUT2D eigenvalue weighted by Gasteiger charge is 2.13. The van der Waals surface area contributed by atoms with Crippen LogP contribution in [0.2, 0.25) is 0 Å². The van der Waals surface area contributed by atoms with E-state index in [0.717, 1.165) is 0 Å². The van der Waals surface area contributed by atoms with E-state index in [1.54, 1.807) is 25.3 Å². The van der Waals surface area contributed by atoms with Crippen LogP contribution in [0.5, 0.6) is 0 Å². The molecule has 0 fully saturated rings. The topological polar surface area (TPSA) is 94.1 Å². The molecule has 0 saturated carbocycles. The molecule has 0 saturated heterocycles. The first-order valence-corrected chi connectivity index (χ1v) is 5.88. The normalized spacial score (nSPS) is 12.4. The van der Waals surface area contributed by atoms with Crippen LogP contribution >= 0.6 is 0 Å². The molecule has 0 spiro atoms. The number of hydrogen-bond acceptors (Lipinski definition) is 5. The Morgan fingerprint density at radius 2 is 2.26 bits per heavy atom. The van der Waals surface area contributed by atoms with E-state index >= 15 is 0 Å². The lowest BCUT2D eigenvalue weighted by molar-refractivity contribution is -0.385. The van der Waals surface area contributed by atoms with E-state index in [4.69, 9.17) is 0 Å². The van der Waals surface area contributed by atoms with E-state index in [1.165, 1.54) is 10.7 Å². The van der Waals surface area contributed by atoms with Gasteiger partial charge in [0.25, 0.3) is 5.69 Å². The van der Waals surface area contributed by atoms with E-state index < -0.39 is 11.0 Å². The summed E-state index contributed by atoms with van der Waals surface area (Å²) in [5.74, 6) is 0. The number of nitrogens with zero attached hydrogens (tertiary/aromatic N) is 4. The molecule has 0 bridgehead atoms. The molecule has 1 atom stereocenters. The number of aliphatic hydroxyl groups excluding tert-OH is 1. The summed E-state index contributed by atoms with van der Waals surface area (Å²) in [5.41, 5.74) is 1.77. The summed E-state index contributed by atoms with van der Waals surface area (Å²) in [6, 6.07) is 4.69. The highest BCUT2D eigenvalue weighted by molar-refractivity contribution is 5.47. The van der Waals surface area contributed by atoms with Crippen LogP contribution in [0.4, 0.5) is 5.69 Å². The van der Waals surface area contributed by atoms with Crippen LogP contribution in [0, 0.1) is 17.0 Å². The molecule has 2 rings (SSSR count). The van der Waals surface area contributed by atoms with Crippen molar-refractivity contribution < 1.29 is 10.0 Å². The molecular formula is C12H14N4O3. The Bertz CT molecular complexity index is 609. The second-order valence-electron chi connectivity index (χ2n) is 4.24. The number of aliphatic hydroxyl groups is 1. The Morgan fingerprint density at radius 1 is 1.53 bits per heavy atom. The van der Waals surface area contributed by atoms with Crippen molar-refractivity contribution in [2.75, 3.05) is 0 Å². The minimum atomic E-state index is -0.645. The highest BCUT2D eigenvalue weighted by atomic mass is 16.6. The van der Waals surface area contributed by atoms with Crippen molar-refractivity contribution in [3.63, 3.8) is 0 Å². The van der Waals surface area contributed by atoms with Gasteiger partial charge in [0.2, 0.25) is 0 Å². The summed E-state index contributed by atoms with van der Waals surface area (Å²) < 4.78 is 1.49. The fraction of sp³-hybridized carbons (Fsp3) is 0.333. The van der Waals surface area contributed by atoms with E-state index in [1.807, 2.05) is 6.92 Å². The zero-order chi connectivity index (χ0) is 14.0. The second kappa shape index (κ2) is 5.15. The predicted molar refractivity (Wildman–Crippen MR) is 68.0 cm³/mol. The molecule has 1 aromatic heterocycles. The van der Waals surface area contributed by atoms with Crippen LogP contribution in [0.3, 0.4) is 0 Å². The summed E-state index contributed by atoms with van der Waals surface area (Å²) >= 11 is 0. The molecule has 1 unspecified atom stereocenters. The predicted octanol–water partition coefficient (Wildman–Crippen LogP) is 1.93. The van der Waals surface area contributed by atoms with Gasteiger partial charge in [0.15, 0.2) is 0 Å². The maximum Gasteiger partial charge on any atom is 0.272 e. The molecule has 19 heavy (non-hydrogen) atoms. The molecule has 7 heteroatoms. The van der Waals surface area contributed by atoms with Crippen LogP contribution in [-0.2, 0) is 0 Å². The van der Waals surface area contributed by atoms with Gasteiger partial charge in [-0.15, -0.1) is 5.10 Å². The molecule has 0 aliphatic rings. The molecule has 1 aromatic carbocycles. The van der Waals surface area contributed by atoms with Crippen LogP contribution < -0.4 is 0 Å². The molecule has 1 heterocycles. The van der Waals surface area contributed by atoms with Gasteiger partial charge in [-0.3, -0.25) is 10.1 Å². The molecule has 0 aliphatic heterocycles. The Kier molecular flexibility index (Phi) is 3.57. The number of aromatic nitrogens is 3. The third kappa shape index (κ3) is 2.60. The third-order valence-electron chi connectivity index (χ3n) is 2.88. The molecule has 0 amide bonds. The van der Waals surface area contributed by atoms with Gasteiger partial charge in [0.05, 0.1) is 22.9 Å². The van der Waals surface area contributed by atoms with Crippen molar-refractivity contribution in [1.82, 2.24) is 15.0 Å². The molecule has 1 N–H and O–H groups in total. The minimum absolute atomic E-state index is 0.0673. The maximum absolute atomic E-state index is 10.7. The highest BCUT2D eigenvalue weighted by Crippen LogP contribution is 2.21. The van der Waals surface area contributed by atoms with Crippen LogP contribution in [0.15, 0.2) is 24.4 Å². The SMILES string of the molecule is CCC(O)c1cn(-c2ccc([N+](=O)[O-])c(C)c2)nn1. The summed E-state index contributed by atoms with van der Waals surface area (Å²) in [6.07, 6.45) is 1.53. The number of nitro benzene ring substituents is 1. The first-order chi connectivity index (χ1) is 9.02. The zero-order valence-electron chi connectivity index (χ0n) is 10.6. The lowest BCUT2D eigenvalue weighted by Crippen LogP contribution is -1.98. The van der Waals surface area contributed by atoms with Gasteiger partial charge in [-0.05, 0) is 25.5 Å². The van der Waals surface area contributed by atoms with Crippen molar-refractivity contribution in [2.24, 2.45) is 0 Å². The Hall–Kier alpha value is -2.28. The Balaban J connectivity index is 2.35. The average Bonchev–Trinajstić information content (AvgIpc) is 2.86. The number of nitro groups is 1. The van der Waals surface area contributed by atoms with Gasteiger partial charge in [-0.25, -0.2) is 4.68 Å². The number of hydrogen-bond donors (Lipinski definition) is 1. The van der Waals surface area contributed by atoms with Gasteiger partial charge >= 0.3 is 0 Å². The minimum Gasteiger partial charge on any atom is -0.387 e. The molecule has 0 aliphatic carbocycles. The van der Waals surface area contributed by atoms with Crippen molar-refractivity contribution >= 4 is 5.69 Å². The molecule has 100 valence electrons. The lowest BCUT2D eigenvalue weighted by atomic mass is 10.2. The van der Waals surface area contributed by atoms with E-state index in [-0.39, 0.29) is 5.69 Å². The Labute approximate surface area is 109 Å². The molecule has 2 aromatic rings. The molecular weight excluding hydrogens is 248 g/mol. The van der Waals surface area contributed by atoms with Gasteiger partial charge in [-0.1, -0.05) is 12.1 Å². The van der Waals surface area contributed by atoms with Gasteiger partial charge in [0.1, 0.15) is 5.69 Å². The lowest BCUT2D eigenvalue weighted by Gasteiger charge is -2.03. The van der Waals surface area contributed by atoms with E-state index in [9.17, 15) is 15.2 Å². The van der Waals surface area contributed by atoms with Crippen molar-refractivity contribution in [3.8, 4) is 5.69 Å². The largest absolute Gasteiger partial charge is 0.387 e. The van der Waals surface area contributed by atoms with Crippen molar-refractivity contribution in [2.45, 2.75) is 26.4 Å². The fourth-order valence-corrected chi connectivity index (χ4v) is 1.75. The van der Waals surface area contributed by atoms with Gasteiger partial charge in [-0.2, -0.15) is 0 Å². The standard InChI is InChI=1S/C12H14N4O3/c1-3-12(17)10-7-15(14-13-10)9-4-5-11(16(18)19)8(2)6-9/h4-7,12,17H,3H2,1-2H3. The van der Waals surface area contributed by atoms with Crippen molar-refractivity contribution in [3.05, 3.63) is 45.8 Å². The Morgan fingerprint density at radius 3 is 2.84 bits per heavy atom. The zero-order valence-corrected chi connectivity index (χ0v) is 10.6. The summed E-state index contributed by atoms with van der Waals surface area (Å²) in [4.78, 5) is 10.3. The molecule has 0 radical (unpaired) electrons. The van der Waals surface area contributed by atoms with Crippen LogP contribution in [0.25, 0.3) is 5.69 Å². The van der Waals surface area contributed by atoms with Gasteiger partial charge in [0, 0.05) is 11.6 Å². The summed E-state index contributed by atoms with van der Waals surface area (Å²) in [6.45, 7) is 3.51. The number of benzene rings is 1. The van der Waals surface area contributed by atoms with Crippen LogP contribution in [0.1, 0.15) is 30.7 Å². The number of aryl methyl sites for hydroxylation is 1. The first-order valence-electron chi connectivity index (χ1n) is 5.88. The van der Waals surface area contributed by atoms with E-state index in [2.05, 4.69) is 10.3 Å². The summed E-state index contributed by atoms with van der Waals surface area (Å²) in [7, 11) is 0. The van der Waals surface area contributed by atoms with E-state index in [0.29, 0.717) is 23.4 Å². The second-order valence-corrected chi connectivity index (χ2v) is 4.24. The quantitative estimate of drug-likeness (QED) is 0.671.